The summed E-state index contributed by atoms with van der Waals surface area (Å²) in [5.41, 5.74) is 1.08. The molecule has 5 nitrogen and oxygen atoms in total. The fourth-order valence-electron chi connectivity index (χ4n) is 3.67. The van der Waals surface area contributed by atoms with Gasteiger partial charge < -0.3 is 10.2 Å². The van der Waals surface area contributed by atoms with Crippen molar-refractivity contribution in [1.29, 1.82) is 0 Å². The van der Waals surface area contributed by atoms with E-state index in [0.29, 0.717) is 0 Å². The first-order valence-corrected chi connectivity index (χ1v) is 7.67. The molecule has 0 bridgehead atoms. The van der Waals surface area contributed by atoms with Crippen LogP contribution in [0, 0.1) is 5.92 Å². The van der Waals surface area contributed by atoms with Gasteiger partial charge in [0.1, 0.15) is 5.82 Å². The topological polar surface area (TPSA) is 44.3 Å². The van der Waals surface area contributed by atoms with E-state index >= 15 is 0 Å². The summed E-state index contributed by atoms with van der Waals surface area (Å²) in [4.78, 5) is 13.9. The van der Waals surface area contributed by atoms with Crippen molar-refractivity contribution >= 4 is 5.82 Å². The number of nitrogens with zero attached hydrogens (tertiary/aromatic N) is 4. The summed E-state index contributed by atoms with van der Waals surface area (Å²) in [6, 6.07) is 0.803. The molecule has 3 heterocycles. The molecule has 2 aliphatic rings. The Labute approximate surface area is 121 Å². The molecule has 2 aliphatic heterocycles. The number of piperidine rings is 2. The highest BCUT2D eigenvalue weighted by Gasteiger charge is 2.34. The van der Waals surface area contributed by atoms with Gasteiger partial charge in [-0.05, 0) is 38.8 Å². The molecule has 0 amide bonds. The van der Waals surface area contributed by atoms with Crippen LogP contribution in [-0.4, -0.2) is 59.5 Å². The average molecular weight is 275 g/mol. The van der Waals surface area contributed by atoms with Crippen LogP contribution in [0.5, 0.6) is 0 Å². The lowest BCUT2D eigenvalue weighted by Crippen LogP contribution is -2.52. The summed E-state index contributed by atoms with van der Waals surface area (Å²) < 4.78 is 0. The molecule has 5 heteroatoms. The summed E-state index contributed by atoms with van der Waals surface area (Å²) in [6.45, 7) is 4.60. The van der Waals surface area contributed by atoms with Gasteiger partial charge in [0.2, 0.25) is 0 Å². The van der Waals surface area contributed by atoms with E-state index in [1.807, 2.05) is 19.4 Å². The molecule has 2 atom stereocenters. The molecule has 0 radical (unpaired) electrons. The van der Waals surface area contributed by atoms with Gasteiger partial charge in [0.15, 0.2) is 0 Å². The average Bonchev–Trinajstić information content (AvgIpc) is 2.48. The molecule has 0 aromatic carbocycles. The zero-order valence-corrected chi connectivity index (χ0v) is 12.5. The van der Waals surface area contributed by atoms with Crippen LogP contribution >= 0.6 is 0 Å². The molecule has 3 rings (SSSR count). The second kappa shape index (κ2) is 6.06. The first kappa shape index (κ1) is 13.8. The molecule has 2 unspecified atom stereocenters. The molecule has 0 saturated carbocycles. The maximum absolute atomic E-state index is 4.49. The number of hydrogen-bond acceptors (Lipinski definition) is 5. The molecule has 1 aromatic heterocycles. The van der Waals surface area contributed by atoms with E-state index < -0.39 is 0 Å². The van der Waals surface area contributed by atoms with Crippen LogP contribution in [0.2, 0.25) is 0 Å². The summed E-state index contributed by atoms with van der Waals surface area (Å²) >= 11 is 0. The lowest BCUT2D eigenvalue weighted by Gasteiger charge is -2.45. The normalized spacial score (nSPS) is 28.1. The smallest absolute Gasteiger partial charge is 0.144 e. The molecular formula is C15H25N5. The van der Waals surface area contributed by atoms with Gasteiger partial charge in [-0.25, -0.2) is 4.98 Å². The summed E-state index contributed by atoms with van der Waals surface area (Å²) in [5.74, 6) is 1.67. The first-order valence-electron chi connectivity index (χ1n) is 7.67. The van der Waals surface area contributed by atoms with E-state index in [1.165, 1.54) is 38.9 Å². The van der Waals surface area contributed by atoms with E-state index in [1.54, 1.807) is 0 Å². The molecule has 2 fully saturated rings. The lowest BCUT2D eigenvalue weighted by molar-refractivity contribution is 0.0350. The summed E-state index contributed by atoms with van der Waals surface area (Å²) in [6.07, 6.45) is 7.74. The largest absolute Gasteiger partial charge is 0.372 e. The molecule has 0 spiro atoms. The van der Waals surface area contributed by atoms with Crippen molar-refractivity contribution < 1.29 is 0 Å². The SMILES string of the molecule is CNc1cnc(CN2CCC3C(CCCN3C)C2)cn1. The minimum atomic E-state index is 0.803. The van der Waals surface area contributed by atoms with Gasteiger partial charge in [0, 0.05) is 32.7 Å². The van der Waals surface area contributed by atoms with E-state index in [4.69, 9.17) is 0 Å². The van der Waals surface area contributed by atoms with Crippen LogP contribution in [0.25, 0.3) is 0 Å². The van der Waals surface area contributed by atoms with E-state index in [9.17, 15) is 0 Å². The number of rotatable bonds is 3. The van der Waals surface area contributed by atoms with Crippen LogP contribution in [0.3, 0.4) is 0 Å². The highest BCUT2D eigenvalue weighted by atomic mass is 15.2. The Bertz CT molecular complexity index is 432. The van der Waals surface area contributed by atoms with Gasteiger partial charge >= 0.3 is 0 Å². The fraction of sp³-hybridized carbons (Fsp3) is 0.733. The zero-order valence-electron chi connectivity index (χ0n) is 12.5. The second-order valence-corrected chi connectivity index (χ2v) is 6.12. The molecular weight excluding hydrogens is 250 g/mol. The summed E-state index contributed by atoms with van der Waals surface area (Å²) in [5, 5.41) is 3.01. The Morgan fingerprint density at radius 3 is 2.90 bits per heavy atom. The lowest BCUT2D eigenvalue weighted by atomic mass is 9.84. The maximum Gasteiger partial charge on any atom is 0.144 e. The van der Waals surface area contributed by atoms with E-state index in [0.717, 1.165) is 30.0 Å². The quantitative estimate of drug-likeness (QED) is 0.904. The highest BCUT2D eigenvalue weighted by Crippen LogP contribution is 2.29. The number of likely N-dealkylation sites (tertiary alicyclic amines) is 2. The molecule has 1 N–H and O–H groups in total. The molecule has 1 aromatic rings. The van der Waals surface area contributed by atoms with Crippen molar-refractivity contribution in [3.63, 3.8) is 0 Å². The van der Waals surface area contributed by atoms with Crippen molar-refractivity contribution in [3.05, 3.63) is 18.1 Å². The number of anilines is 1. The second-order valence-electron chi connectivity index (χ2n) is 6.12. The van der Waals surface area contributed by atoms with Gasteiger partial charge in [-0.3, -0.25) is 9.88 Å². The minimum Gasteiger partial charge on any atom is -0.372 e. The van der Waals surface area contributed by atoms with Crippen LogP contribution in [0.1, 0.15) is 25.0 Å². The van der Waals surface area contributed by atoms with Gasteiger partial charge in [0.25, 0.3) is 0 Å². The predicted octanol–water partition coefficient (Wildman–Crippen LogP) is 1.43. The fourth-order valence-corrected chi connectivity index (χ4v) is 3.67. The number of hydrogen-bond donors (Lipinski definition) is 1. The van der Waals surface area contributed by atoms with Crippen molar-refractivity contribution in [3.8, 4) is 0 Å². The molecule has 110 valence electrons. The monoisotopic (exact) mass is 275 g/mol. The molecule has 2 saturated heterocycles. The van der Waals surface area contributed by atoms with Gasteiger partial charge in [-0.2, -0.15) is 0 Å². The number of aromatic nitrogens is 2. The predicted molar refractivity (Wildman–Crippen MR) is 80.6 cm³/mol. The van der Waals surface area contributed by atoms with Gasteiger partial charge in [0.05, 0.1) is 18.1 Å². The third-order valence-corrected chi connectivity index (χ3v) is 4.78. The summed E-state index contributed by atoms with van der Waals surface area (Å²) in [7, 11) is 4.16. The Kier molecular flexibility index (Phi) is 4.17. The Balaban J connectivity index is 1.58. The molecule has 0 aliphatic carbocycles. The van der Waals surface area contributed by atoms with Gasteiger partial charge in [-0.1, -0.05) is 0 Å². The van der Waals surface area contributed by atoms with Crippen LogP contribution < -0.4 is 5.32 Å². The minimum absolute atomic E-state index is 0.803. The Morgan fingerprint density at radius 1 is 1.25 bits per heavy atom. The van der Waals surface area contributed by atoms with Crippen LogP contribution in [0.4, 0.5) is 5.82 Å². The first-order chi connectivity index (χ1) is 9.76. The third-order valence-electron chi connectivity index (χ3n) is 4.78. The van der Waals surface area contributed by atoms with Crippen molar-refractivity contribution in [1.82, 2.24) is 19.8 Å². The van der Waals surface area contributed by atoms with E-state index in [2.05, 4.69) is 32.1 Å². The van der Waals surface area contributed by atoms with Crippen LogP contribution in [-0.2, 0) is 6.54 Å². The van der Waals surface area contributed by atoms with Gasteiger partial charge in [-0.15, -0.1) is 0 Å². The standard InChI is InChI=1S/C15H25N5/c1-16-15-9-17-13(8-18-15)11-20-7-5-14-12(10-20)4-3-6-19(14)2/h8-9,12,14H,3-7,10-11H2,1-2H3,(H,16,18). The Morgan fingerprint density at radius 2 is 2.15 bits per heavy atom. The maximum atomic E-state index is 4.49. The Hall–Kier alpha value is -1.20. The number of fused-ring (bicyclic) bond motifs is 1. The van der Waals surface area contributed by atoms with Crippen LogP contribution in [0.15, 0.2) is 12.4 Å². The third kappa shape index (κ3) is 2.94. The van der Waals surface area contributed by atoms with Crippen molar-refractivity contribution in [2.75, 3.05) is 39.0 Å². The molecule has 20 heavy (non-hydrogen) atoms. The van der Waals surface area contributed by atoms with Crippen molar-refractivity contribution in [2.24, 2.45) is 5.92 Å². The van der Waals surface area contributed by atoms with Crippen molar-refractivity contribution in [2.45, 2.75) is 31.8 Å². The highest BCUT2D eigenvalue weighted by molar-refractivity contribution is 5.29. The number of nitrogens with one attached hydrogen (secondary N) is 1. The zero-order chi connectivity index (χ0) is 13.9. The van der Waals surface area contributed by atoms with E-state index in [-0.39, 0.29) is 0 Å².